The maximum atomic E-state index is 12.7. The van der Waals surface area contributed by atoms with Crippen molar-refractivity contribution in [2.75, 3.05) is 18.4 Å². The van der Waals surface area contributed by atoms with Crippen LogP contribution in [-0.4, -0.2) is 48.8 Å². The van der Waals surface area contributed by atoms with E-state index in [1.807, 2.05) is 32.0 Å². The molecule has 1 aliphatic heterocycles. The van der Waals surface area contributed by atoms with Crippen molar-refractivity contribution in [2.45, 2.75) is 44.6 Å². The van der Waals surface area contributed by atoms with E-state index in [2.05, 4.69) is 10.3 Å². The Morgan fingerprint density at radius 1 is 1.19 bits per heavy atom. The molecule has 0 bridgehead atoms. The predicted octanol–water partition coefficient (Wildman–Crippen LogP) is 2.67. The number of esters is 1. The normalized spacial score (nSPS) is 16.5. The molecule has 9 heteroatoms. The maximum absolute atomic E-state index is 12.7. The summed E-state index contributed by atoms with van der Waals surface area (Å²) >= 11 is 0. The molecule has 1 saturated heterocycles. The molecule has 0 spiro atoms. The molecule has 1 unspecified atom stereocenters. The van der Waals surface area contributed by atoms with Gasteiger partial charge in [0.2, 0.25) is 10.0 Å². The van der Waals surface area contributed by atoms with Gasteiger partial charge in [-0.3, -0.25) is 14.6 Å². The molecule has 1 N–H and O–H groups in total. The molecule has 2 aromatic rings. The number of carbonyl (C=O) groups is 2. The van der Waals surface area contributed by atoms with E-state index in [1.54, 1.807) is 6.07 Å². The molecule has 0 radical (unpaired) electrons. The maximum Gasteiger partial charge on any atom is 0.309 e. The molecule has 0 aliphatic carbocycles. The summed E-state index contributed by atoms with van der Waals surface area (Å²) in [6.07, 6.45) is 2.54. The average Bonchev–Trinajstić information content (AvgIpc) is 2.76. The van der Waals surface area contributed by atoms with Crippen molar-refractivity contribution >= 4 is 27.6 Å². The van der Waals surface area contributed by atoms with Gasteiger partial charge >= 0.3 is 5.97 Å². The third kappa shape index (κ3) is 5.48. The highest BCUT2D eigenvalue weighted by atomic mass is 32.2. The van der Waals surface area contributed by atoms with E-state index >= 15 is 0 Å². The van der Waals surface area contributed by atoms with E-state index in [9.17, 15) is 18.0 Å². The zero-order chi connectivity index (χ0) is 22.6. The fourth-order valence-electron chi connectivity index (χ4n) is 3.49. The Bertz CT molecular complexity index is 1050. The molecule has 3 rings (SSSR count). The van der Waals surface area contributed by atoms with E-state index in [0.717, 1.165) is 11.1 Å². The van der Waals surface area contributed by atoms with Crippen molar-refractivity contribution in [3.63, 3.8) is 0 Å². The number of carbonyl (C=O) groups excluding carboxylic acids is 2. The van der Waals surface area contributed by atoms with Gasteiger partial charge in [0, 0.05) is 31.2 Å². The highest BCUT2D eigenvalue weighted by Gasteiger charge is 2.34. The first-order valence-electron chi connectivity index (χ1n) is 10.2. The second kappa shape index (κ2) is 9.57. The minimum absolute atomic E-state index is 0.132. The van der Waals surface area contributed by atoms with E-state index in [-0.39, 0.29) is 18.0 Å². The number of nitrogens with one attached hydrogen (secondary N) is 1. The molecule has 1 atom stereocenters. The summed E-state index contributed by atoms with van der Waals surface area (Å²) in [5.74, 6) is -1.34. The Kier molecular flexibility index (Phi) is 7.07. The standard InChI is InChI=1S/C22H27N3O5S/c1-15-6-7-20(16(2)13-15)24-21(26)17(3)30-22(27)18-8-11-25(12-9-18)31(28,29)19-5-4-10-23-14-19/h4-7,10,13-14,17-18H,8-9,11-12H2,1-3H3,(H,24,26). The first-order chi connectivity index (χ1) is 14.7. The van der Waals surface area contributed by atoms with Crippen LogP contribution in [-0.2, 0) is 24.3 Å². The number of sulfonamides is 1. The quantitative estimate of drug-likeness (QED) is 0.686. The fourth-order valence-corrected chi connectivity index (χ4v) is 4.93. The van der Waals surface area contributed by atoms with Crippen LogP contribution in [0.5, 0.6) is 0 Å². The summed E-state index contributed by atoms with van der Waals surface area (Å²) < 4.78 is 32.1. The van der Waals surface area contributed by atoms with Crippen LogP contribution < -0.4 is 5.32 Å². The van der Waals surface area contributed by atoms with Gasteiger partial charge in [-0.2, -0.15) is 4.31 Å². The zero-order valence-corrected chi connectivity index (χ0v) is 18.7. The largest absolute Gasteiger partial charge is 0.452 e. The number of amides is 1. The van der Waals surface area contributed by atoms with Gasteiger partial charge in [0.1, 0.15) is 4.90 Å². The lowest BCUT2D eigenvalue weighted by atomic mass is 9.98. The van der Waals surface area contributed by atoms with Crippen LogP contribution in [0.25, 0.3) is 0 Å². The number of hydrogen-bond donors (Lipinski definition) is 1. The van der Waals surface area contributed by atoms with E-state index in [4.69, 9.17) is 4.74 Å². The molecule has 0 saturated carbocycles. The van der Waals surface area contributed by atoms with Crippen LogP contribution in [0.15, 0.2) is 47.6 Å². The van der Waals surface area contributed by atoms with E-state index in [1.165, 1.54) is 29.7 Å². The van der Waals surface area contributed by atoms with Crippen LogP contribution in [0, 0.1) is 19.8 Å². The number of benzene rings is 1. The van der Waals surface area contributed by atoms with Crippen LogP contribution in [0.2, 0.25) is 0 Å². The number of pyridine rings is 1. The molecule has 166 valence electrons. The van der Waals surface area contributed by atoms with Crippen LogP contribution in [0.1, 0.15) is 30.9 Å². The third-order valence-corrected chi connectivity index (χ3v) is 7.24. The minimum Gasteiger partial charge on any atom is -0.452 e. The van der Waals surface area contributed by atoms with Gasteiger partial charge in [0.05, 0.1) is 5.92 Å². The Hall–Kier alpha value is -2.78. The lowest BCUT2D eigenvalue weighted by Crippen LogP contribution is -2.41. The molecule has 1 aromatic heterocycles. The highest BCUT2D eigenvalue weighted by molar-refractivity contribution is 7.89. The fraction of sp³-hybridized carbons (Fsp3) is 0.409. The van der Waals surface area contributed by atoms with Crippen LogP contribution in [0.4, 0.5) is 5.69 Å². The number of hydrogen-bond acceptors (Lipinski definition) is 6. The Morgan fingerprint density at radius 3 is 2.52 bits per heavy atom. The number of aryl methyl sites for hydroxylation is 2. The Labute approximate surface area is 182 Å². The van der Waals surface area contributed by atoms with Gasteiger partial charge in [0.15, 0.2) is 6.10 Å². The van der Waals surface area contributed by atoms with Crippen molar-refractivity contribution in [2.24, 2.45) is 5.92 Å². The summed E-state index contributed by atoms with van der Waals surface area (Å²) in [6, 6.07) is 8.74. The molecule has 1 amide bonds. The first-order valence-corrected chi connectivity index (χ1v) is 11.6. The van der Waals surface area contributed by atoms with Crippen molar-refractivity contribution in [3.8, 4) is 0 Å². The van der Waals surface area contributed by atoms with Gasteiger partial charge < -0.3 is 10.1 Å². The number of anilines is 1. The third-order valence-electron chi connectivity index (χ3n) is 5.36. The summed E-state index contributed by atoms with van der Waals surface area (Å²) in [7, 11) is -3.63. The van der Waals surface area contributed by atoms with E-state index < -0.39 is 33.9 Å². The van der Waals surface area contributed by atoms with Crippen LogP contribution >= 0.6 is 0 Å². The minimum atomic E-state index is -3.63. The predicted molar refractivity (Wildman–Crippen MR) is 116 cm³/mol. The summed E-state index contributed by atoms with van der Waals surface area (Å²) in [4.78, 5) is 28.9. The molecular formula is C22H27N3O5S. The van der Waals surface area contributed by atoms with Crippen LogP contribution in [0.3, 0.4) is 0 Å². The van der Waals surface area contributed by atoms with Gasteiger partial charge in [-0.05, 0) is 57.4 Å². The summed E-state index contributed by atoms with van der Waals surface area (Å²) in [6.45, 7) is 5.81. The molecular weight excluding hydrogens is 418 g/mol. The molecule has 1 aromatic carbocycles. The molecule has 1 aliphatic rings. The Morgan fingerprint density at radius 2 is 1.90 bits per heavy atom. The van der Waals surface area contributed by atoms with Gasteiger partial charge in [-0.1, -0.05) is 17.7 Å². The van der Waals surface area contributed by atoms with Gasteiger partial charge in [0.25, 0.3) is 5.91 Å². The topological polar surface area (TPSA) is 106 Å². The highest BCUT2D eigenvalue weighted by Crippen LogP contribution is 2.25. The molecule has 8 nitrogen and oxygen atoms in total. The smallest absolute Gasteiger partial charge is 0.309 e. The van der Waals surface area contributed by atoms with E-state index in [0.29, 0.717) is 18.5 Å². The summed E-state index contributed by atoms with van der Waals surface area (Å²) in [5.41, 5.74) is 2.69. The van der Waals surface area contributed by atoms with Crippen molar-refractivity contribution in [1.82, 2.24) is 9.29 Å². The number of aromatic nitrogens is 1. The Balaban J connectivity index is 1.53. The lowest BCUT2D eigenvalue weighted by molar-refractivity contribution is -0.158. The number of nitrogens with zero attached hydrogens (tertiary/aromatic N) is 2. The number of piperidine rings is 1. The summed E-state index contributed by atoms with van der Waals surface area (Å²) in [5, 5.41) is 2.78. The zero-order valence-electron chi connectivity index (χ0n) is 17.9. The SMILES string of the molecule is Cc1ccc(NC(=O)C(C)OC(=O)C2CCN(S(=O)(=O)c3cccnc3)CC2)c(C)c1. The second-order valence-corrected chi connectivity index (χ2v) is 9.69. The second-order valence-electron chi connectivity index (χ2n) is 7.75. The average molecular weight is 446 g/mol. The molecule has 2 heterocycles. The van der Waals surface area contributed by atoms with Crippen molar-refractivity contribution < 1.29 is 22.7 Å². The van der Waals surface area contributed by atoms with Crippen molar-refractivity contribution in [1.29, 1.82) is 0 Å². The lowest BCUT2D eigenvalue weighted by Gasteiger charge is -2.30. The molecule has 1 fully saturated rings. The molecule has 31 heavy (non-hydrogen) atoms. The number of ether oxygens (including phenoxy) is 1. The van der Waals surface area contributed by atoms with Gasteiger partial charge in [-0.15, -0.1) is 0 Å². The number of rotatable bonds is 6. The first kappa shape index (κ1) is 22.9. The van der Waals surface area contributed by atoms with Crippen molar-refractivity contribution in [3.05, 3.63) is 53.9 Å². The monoisotopic (exact) mass is 445 g/mol. The van der Waals surface area contributed by atoms with Gasteiger partial charge in [-0.25, -0.2) is 8.42 Å².